The molecular formula is C12H15N3. The van der Waals surface area contributed by atoms with E-state index >= 15 is 0 Å². The molecule has 2 aromatic rings. The van der Waals surface area contributed by atoms with Crippen molar-refractivity contribution in [3.05, 3.63) is 35.7 Å². The molecule has 0 aliphatic rings. The van der Waals surface area contributed by atoms with Gasteiger partial charge in [0.15, 0.2) is 0 Å². The molecule has 0 saturated carbocycles. The van der Waals surface area contributed by atoms with Gasteiger partial charge in [0, 0.05) is 24.0 Å². The molecular weight excluding hydrogens is 186 g/mol. The van der Waals surface area contributed by atoms with E-state index in [0.29, 0.717) is 0 Å². The molecule has 2 rings (SSSR count). The van der Waals surface area contributed by atoms with Gasteiger partial charge in [-0.25, -0.2) is 0 Å². The van der Waals surface area contributed by atoms with Gasteiger partial charge in [-0.1, -0.05) is 12.1 Å². The maximum atomic E-state index is 5.78. The van der Waals surface area contributed by atoms with E-state index in [0.717, 1.165) is 22.6 Å². The first-order chi connectivity index (χ1) is 7.09. The van der Waals surface area contributed by atoms with E-state index in [1.54, 1.807) is 0 Å². The molecule has 0 spiro atoms. The Kier molecular flexibility index (Phi) is 2.23. The molecule has 0 saturated heterocycles. The average Bonchev–Trinajstić information content (AvgIpc) is 2.41. The van der Waals surface area contributed by atoms with Crippen molar-refractivity contribution in [1.82, 2.24) is 9.78 Å². The van der Waals surface area contributed by atoms with Gasteiger partial charge >= 0.3 is 0 Å². The normalized spacial score (nSPS) is 10.6. The Balaban J connectivity index is 2.63. The van der Waals surface area contributed by atoms with Gasteiger partial charge in [0.2, 0.25) is 0 Å². The van der Waals surface area contributed by atoms with Gasteiger partial charge < -0.3 is 5.73 Å². The van der Waals surface area contributed by atoms with Crippen molar-refractivity contribution in [3.8, 4) is 11.1 Å². The van der Waals surface area contributed by atoms with E-state index in [9.17, 15) is 0 Å². The minimum atomic E-state index is 0.787. The molecule has 2 N–H and O–H groups in total. The second-order valence-electron chi connectivity index (χ2n) is 3.79. The summed E-state index contributed by atoms with van der Waals surface area (Å²) in [6.45, 7) is 4.09. The van der Waals surface area contributed by atoms with Crippen molar-refractivity contribution in [2.45, 2.75) is 13.8 Å². The molecule has 3 heteroatoms. The van der Waals surface area contributed by atoms with Crippen LogP contribution in [0.25, 0.3) is 11.1 Å². The Labute approximate surface area is 89.5 Å². The SMILES string of the molecule is Cc1nn(C)c(C)c1-c1cccc(N)c1. The minimum Gasteiger partial charge on any atom is -0.399 e. The predicted molar refractivity (Wildman–Crippen MR) is 62.5 cm³/mol. The van der Waals surface area contributed by atoms with E-state index in [-0.39, 0.29) is 0 Å². The Morgan fingerprint density at radius 3 is 2.53 bits per heavy atom. The van der Waals surface area contributed by atoms with Gasteiger partial charge in [0.05, 0.1) is 5.69 Å². The third-order valence-electron chi connectivity index (χ3n) is 2.68. The highest BCUT2D eigenvalue weighted by Gasteiger charge is 2.10. The molecule has 1 heterocycles. The lowest BCUT2D eigenvalue weighted by atomic mass is 10.0. The van der Waals surface area contributed by atoms with Gasteiger partial charge in [0.1, 0.15) is 0 Å². The summed E-state index contributed by atoms with van der Waals surface area (Å²) in [5.41, 5.74) is 11.1. The summed E-state index contributed by atoms with van der Waals surface area (Å²) in [6.07, 6.45) is 0. The monoisotopic (exact) mass is 201 g/mol. The van der Waals surface area contributed by atoms with Crippen LogP contribution in [0.4, 0.5) is 5.69 Å². The molecule has 0 atom stereocenters. The lowest BCUT2D eigenvalue weighted by molar-refractivity contribution is 0.731. The molecule has 1 aromatic carbocycles. The van der Waals surface area contributed by atoms with Crippen LogP contribution in [0.5, 0.6) is 0 Å². The zero-order chi connectivity index (χ0) is 11.0. The number of anilines is 1. The maximum Gasteiger partial charge on any atom is 0.0674 e. The largest absolute Gasteiger partial charge is 0.399 e. The molecule has 0 amide bonds. The molecule has 0 unspecified atom stereocenters. The first kappa shape index (κ1) is 9.77. The number of nitrogen functional groups attached to an aromatic ring is 1. The smallest absolute Gasteiger partial charge is 0.0674 e. The molecule has 1 aromatic heterocycles. The fourth-order valence-electron chi connectivity index (χ4n) is 1.89. The number of nitrogens with two attached hydrogens (primary N) is 1. The second-order valence-corrected chi connectivity index (χ2v) is 3.79. The second kappa shape index (κ2) is 3.42. The van der Waals surface area contributed by atoms with Crippen LogP contribution in [-0.4, -0.2) is 9.78 Å². The van der Waals surface area contributed by atoms with E-state index in [1.165, 1.54) is 5.56 Å². The zero-order valence-corrected chi connectivity index (χ0v) is 9.28. The number of aryl methyl sites for hydroxylation is 2. The Bertz CT molecular complexity index is 498. The van der Waals surface area contributed by atoms with E-state index < -0.39 is 0 Å². The van der Waals surface area contributed by atoms with Crippen molar-refractivity contribution < 1.29 is 0 Å². The number of hydrogen-bond donors (Lipinski definition) is 1. The predicted octanol–water partition coefficient (Wildman–Crippen LogP) is 2.29. The van der Waals surface area contributed by atoms with Crippen LogP contribution < -0.4 is 5.73 Å². The highest BCUT2D eigenvalue weighted by Crippen LogP contribution is 2.27. The van der Waals surface area contributed by atoms with Gasteiger partial charge in [-0.05, 0) is 31.5 Å². The summed E-state index contributed by atoms with van der Waals surface area (Å²) in [7, 11) is 1.96. The highest BCUT2D eigenvalue weighted by molar-refractivity contribution is 5.71. The molecule has 0 aliphatic carbocycles. The summed E-state index contributed by atoms with van der Waals surface area (Å²) >= 11 is 0. The van der Waals surface area contributed by atoms with E-state index in [1.807, 2.05) is 36.9 Å². The van der Waals surface area contributed by atoms with Crippen molar-refractivity contribution in [3.63, 3.8) is 0 Å². The first-order valence-corrected chi connectivity index (χ1v) is 4.95. The fourth-order valence-corrected chi connectivity index (χ4v) is 1.89. The molecule has 0 fully saturated rings. The summed E-state index contributed by atoms with van der Waals surface area (Å²) in [4.78, 5) is 0. The number of nitrogens with zero attached hydrogens (tertiary/aromatic N) is 2. The number of benzene rings is 1. The highest BCUT2D eigenvalue weighted by atomic mass is 15.3. The first-order valence-electron chi connectivity index (χ1n) is 4.95. The maximum absolute atomic E-state index is 5.78. The third-order valence-corrected chi connectivity index (χ3v) is 2.68. The summed E-state index contributed by atoms with van der Waals surface area (Å²) in [6, 6.07) is 7.91. The standard InChI is InChI=1S/C12H15N3/c1-8-12(9(2)15(3)14-8)10-5-4-6-11(13)7-10/h4-7H,13H2,1-3H3. The molecule has 0 bridgehead atoms. The topological polar surface area (TPSA) is 43.8 Å². The molecule has 3 nitrogen and oxygen atoms in total. The van der Waals surface area contributed by atoms with Crippen molar-refractivity contribution >= 4 is 5.69 Å². The lowest BCUT2D eigenvalue weighted by Crippen LogP contribution is -1.92. The van der Waals surface area contributed by atoms with Crippen LogP contribution >= 0.6 is 0 Å². The van der Waals surface area contributed by atoms with Crippen molar-refractivity contribution in [2.24, 2.45) is 7.05 Å². The van der Waals surface area contributed by atoms with Gasteiger partial charge in [-0.15, -0.1) is 0 Å². The van der Waals surface area contributed by atoms with Crippen LogP contribution in [0.1, 0.15) is 11.4 Å². The van der Waals surface area contributed by atoms with E-state index in [4.69, 9.17) is 5.73 Å². The van der Waals surface area contributed by atoms with Crippen LogP contribution in [0.2, 0.25) is 0 Å². The molecule has 0 aliphatic heterocycles. The molecule has 15 heavy (non-hydrogen) atoms. The van der Waals surface area contributed by atoms with E-state index in [2.05, 4.69) is 18.1 Å². The Morgan fingerprint density at radius 1 is 1.27 bits per heavy atom. The van der Waals surface area contributed by atoms with Crippen molar-refractivity contribution in [2.75, 3.05) is 5.73 Å². The quantitative estimate of drug-likeness (QED) is 0.719. The Morgan fingerprint density at radius 2 is 2.00 bits per heavy atom. The van der Waals surface area contributed by atoms with Gasteiger partial charge in [0.25, 0.3) is 0 Å². The number of aromatic nitrogens is 2. The van der Waals surface area contributed by atoms with Crippen molar-refractivity contribution in [1.29, 1.82) is 0 Å². The van der Waals surface area contributed by atoms with Crippen LogP contribution in [0.3, 0.4) is 0 Å². The van der Waals surface area contributed by atoms with Crippen LogP contribution in [0.15, 0.2) is 24.3 Å². The number of hydrogen-bond acceptors (Lipinski definition) is 2. The summed E-state index contributed by atoms with van der Waals surface area (Å²) < 4.78 is 1.90. The van der Waals surface area contributed by atoms with Crippen LogP contribution in [0, 0.1) is 13.8 Å². The number of rotatable bonds is 1. The summed E-state index contributed by atoms with van der Waals surface area (Å²) in [5, 5.41) is 4.39. The fraction of sp³-hybridized carbons (Fsp3) is 0.250. The van der Waals surface area contributed by atoms with Crippen LogP contribution in [-0.2, 0) is 7.05 Å². The minimum absolute atomic E-state index is 0.787. The summed E-state index contributed by atoms with van der Waals surface area (Å²) in [5.74, 6) is 0. The molecule has 78 valence electrons. The molecule has 0 radical (unpaired) electrons. The third kappa shape index (κ3) is 1.61. The lowest BCUT2D eigenvalue weighted by Gasteiger charge is -2.03. The zero-order valence-electron chi connectivity index (χ0n) is 9.28. The Hall–Kier alpha value is -1.77. The average molecular weight is 201 g/mol. The van der Waals surface area contributed by atoms with Gasteiger partial charge in [-0.3, -0.25) is 4.68 Å². The van der Waals surface area contributed by atoms with Gasteiger partial charge in [-0.2, -0.15) is 5.10 Å².